The third-order valence-electron chi connectivity index (χ3n) is 8.04. The molecule has 1 aliphatic carbocycles. The van der Waals surface area contributed by atoms with Crippen LogP contribution >= 0.6 is 15.9 Å². The molecule has 0 fully saturated rings. The van der Waals surface area contributed by atoms with Crippen LogP contribution in [0.4, 0.5) is 17.1 Å². The van der Waals surface area contributed by atoms with Gasteiger partial charge in [-0.05, 0) is 111 Å². The first-order chi connectivity index (χ1) is 21.0. The number of ether oxygens (including phenoxy) is 2. The summed E-state index contributed by atoms with van der Waals surface area (Å²) in [6.07, 6.45) is 0. The van der Waals surface area contributed by atoms with E-state index in [2.05, 4.69) is 132 Å². The van der Waals surface area contributed by atoms with Crippen molar-refractivity contribution in [2.24, 2.45) is 0 Å². The minimum absolute atomic E-state index is 0.164. The number of halogens is 1. The number of hydrogen-bond acceptors (Lipinski definition) is 3. The van der Waals surface area contributed by atoms with Crippen LogP contribution in [-0.4, -0.2) is 0 Å². The van der Waals surface area contributed by atoms with Crippen molar-refractivity contribution in [1.29, 1.82) is 0 Å². The van der Waals surface area contributed by atoms with Gasteiger partial charge in [0.05, 0.1) is 0 Å². The van der Waals surface area contributed by atoms with Crippen LogP contribution in [0, 0.1) is 0 Å². The summed E-state index contributed by atoms with van der Waals surface area (Å²) in [4.78, 5) is 2.32. The van der Waals surface area contributed by atoms with Crippen LogP contribution in [0.25, 0.3) is 11.1 Å². The van der Waals surface area contributed by atoms with Gasteiger partial charge in [-0.2, -0.15) is 0 Å². The molecule has 4 heteroatoms. The van der Waals surface area contributed by atoms with Crippen LogP contribution in [0.5, 0.6) is 23.0 Å². The Kier molecular flexibility index (Phi) is 7.00. The quantitative estimate of drug-likeness (QED) is 0.176. The fourth-order valence-corrected chi connectivity index (χ4v) is 6.34. The van der Waals surface area contributed by atoms with Crippen LogP contribution in [0.2, 0.25) is 0 Å². The van der Waals surface area contributed by atoms with Crippen molar-refractivity contribution < 1.29 is 9.47 Å². The normalized spacial score (nSPS) is 12.7. The molecular formula is C39H30BrNO2. The van der Waals surface area contributed by atoms with E-state index in [1.807, 2.05) is 48.5 Å². The standard InChI is InChI=1S/C39H30BrNO2/c1-39(2)34-24-22-31(43-37-20-12-19-36(38(37)40)42-30-17-10-5-11-18-30)26-33(34)32-23-21-29(25-35(32)39)41(27-13-6-3-7-14-27)28-15-8-4-9-16-28/h3-26H,1-2H3. The first-order valence-electron chi connectivity index (χ1n) is 14.4. The SMILES string of the molecule is CC1(C)c2ccc(Oc3cccc(Oc4ccccc4)c3Br)cc2-c2ccc(N(c3ccccc3)c3ccccc3)cc21. The van der Waals surface area contributed by atoms with E-state index in [0.29, 0.717) is 11.5 Å². The van der Waals surface area contributed by atoms with Crippen molar-refractivity contribution in [2.75, 3.05) is 4.90 Å². The maximum Gasteiger partial charge on any atom is 0.145 e. The molecule has 43 heavy (non-hydrogen) atoms. The van der Waals surface area contributed by atoms with Gasteiger partial charge in [0, 0.05) is 22.5 Å². The molecule has 7 rings (SSSR count). The Balaban J connectivity index is 1.24. The first kappa shape index (κ1) is 27.1. The minimum atomic E-state index is -0.164. The van der Waals surface area contributed by atoms with Crippen LogP contribution in [0.3, 0.4) is 0 Å². The lowest BCUT2D eigenvalue weighted by Gasteiger charge is -2.28. The summed E-state index contributed by atoms with van der Waals surface area (Å²) < 4.78 is 13.3. The molecule has 0 saturated heterocycles. The second-order valence-electron chi connectivity index (χ2n) is 11.2. The molecule has 6 aromatic rings. The summed E-state index contributed by atoms with van der Waals surface area (Å²) in [6.45, 7) is 4.61. The average Bonchev–Trinajstić information content (AvgIpc) is 3.26. The van der Waals surface area contributed by atoms with Gasteiger partial charge in [0.2, 0.25) is 0 Å². The molecular weight excluding hydrogens is 594 g/mol. The van der Waals surface area contributed by atoms with Crippen molar-refractivity contribution in [2.45, 2.75) is 19.3 Å². The zero-order valence-electron chi connectivity index (χ0n) is 24.0. The number of para-hydroxylation sites is 3. The monoisotopic (exact) mass is 623 g/mol. The molecule has 6 aromatic carbocycles. The van der Waals surface area contributed by atoms with Gasteiger partial charge in [-0.15, -0.1) is 0 Å². The molecule has 0 spiro atoms. The first-order valence-corrected chi connectivity index (χ1v) is 15.2. The van der Waals surface area contributed by atoms with Gasteiger partial charge in [0.25, 0.3) is 0 Å². The molecule has 0 aliphatic heterocycles. The summed E-state index contributed by atoms with van der Waals surface area (Å²) in [7, 11) is 0. The second kappa shape index (κ2) is 11.1. The van der Waals surface area contributed by atoms with Crippen LogP contribution in [0.15, 0.2) is 150 Å². The highest BCUT2D eigenvalue weighted by Crippen LogP contribution is 2.52. The van der Waals surface area contributed by atoms with Gasteiger partial charge in [0.15, 0.2) is 0 Å². The summed E-state index contributed by atoms with van der Waals surface area (Å²) in [6, 6.07) is 49.9. The Morgan fingerprint density at radius 1 is 0.488 bits per heavy atom. The van der Waals surface area contributed by atoms with E-state index in [-0.39, 0.29) is 5.41 Å². The molecule has 3 nitrogen and oxygen atoms in total. The zero-order valence-corrected chi connectivity index (χ0v) is 25.6. The summed E-state index contributed by atoms with van der Waals surface area (Å²) in [5.74, 6) is 2.95. The predicted molar refractivity (Wildman–Crippen MR) is 179 cm³/mol. The zero-order chi connectivity index (χ0) is 29.4. The van der Waals surface area contributed by atoms with Gasteiger partial charge in [-0.25, -0.2) is 0 Å². The molecule has 0 atom stereocenters. The third-order valence-corrected chi connectivity index (χ3v) is 8.83. The van der Waals surface area contributed by atoms with Gasteiger partial charge >= 0.3 is 0 Å². The van der Waals surface area contributed by atoms with E-state index in [0.717, 1.165) is 33.0 Å². The number of hydrogen-bond donors (Lipinski definition) is 0. The maximum absolute atomic E-state index is 6.44. The number of nitrogens with zero attached hydrogens (tertiary/aromatic N) is 1. The van der Waals surface area contributed by atoms with Crippen molar-refractivity contribution in [3.63, 3.8) is 0 Å². The van der Waals surface area contributed by atoms with Crippen molar-refractivity contribution >= 4 is 33.0 Å². The van der Waals surface area contributed by atoms with Gasteiger partial charge < -0.3 is 14.4 Å². The van der Waals surface area contributed by atoms with Crippen LogP contribution in [0.1, 0.15) is 25.0 Å². The van der Waals surface area contributed by atoms with E-state index < -0.39 is 0 Å². The van der Waals surface area contributed by atoms with Gasteiger partial charge in [-0.1, -0.05) is 86.6 Å². The largest absolute Gasteiger partial charge is 0.456 e. The number of benzene rings is 6. The van der Waals surface area contributed by atoms with Crippen LogP contribution < -0.4 is 14.4 Å². The molecule has 0 heterocycles. The molecule has 0 saturated carbocycles. The highest BCUT2D eigenvalue weighted by molar-refractivity contribution is 9.10. The van der Waals surface area contributed by atoms with Gasteiger partial charge in [-0.3, -0.25) is 0 Å². The molecule has 0 amide bonds. The topological polar surface area (TPSA) is 21.7 Å². The fraction of sp³-hybridized carbons (Fsp3) is 0.0769. The fourth-order valence-electron chi connectivity index (χ4n) is 5.92. The second-order valence-corrected chi connectivity index (χ2v) is 11.9. The third kappa shape index (κ3) is 5.09. The molecule has 0 aromatic heterocycles. The van der Waals surface area contributed by atoms with Crippen molar-refractivity contribution in [3.8, 4) is 34.1 Å². The lowest BCUT2D eigenvalue weighted by Crippen LogP contribution is -2.16. The lowest BCUT2D eigenvalue weighted by atomic mass is 9.82. The number of anilines is 3. The summed E-state index contributed by atoms with van der Waals surface area (Å²) in [5, 5.41) is 0. The van der Waals surface area contributed by atoms with E-state index in [1.54, 1.807) is 0 Å². The molecule has 0 unspecified atom stereocenters. The molecule has 0 bridgehead atoms. The van der Waals surface area contributed by atoms with E-state index in [4.69, 9.17) is 9.47 Å². The highest BCUT2D eigenvalue weighted by atomic mass is 79.9. The van der Waals surface area contributed by atoms with Crippen LogP contribution in [-0.2, 0) is 5.41 Å². The van der Waals surface area contributed by atoms with Crippen molar-refractivity contribution in [3.05, 3.63) is 161 Å². The Hall–Kier alpha value is -4.80. The molecule has 210 valence electrons. The Morgan fingerprint density at radius 2 is 1.07 bits per heavy atom. The summed E-state index contributed by atoms with van der Waals surface area (Å²) >= 11 is 3.71. The maximum atomic E-state index is 6.44. The number of rotatable bonds is 7. The van der Waals surface area contributed by atoms with E-state index >= 15 is 0 Å². The number of fused-ring (bicyclic) bond motifs is 3. The van der Waals surface area contributed by atoms with Crippen molar-refractivity contribution in [1.82, 2.24) is 0 Å². The summed E-state index contributed by atoms with van der Waals surface area (Å²) in [5.41, 5.74) is 8.24. The van der Waals surface area contributed by atoms with E-state index in [1.165, 1.54) is 22.3 Å². The smallest absolute Gasteiger partial charge is 0.145 e. The molecule has 0 radical (unpaired) electrons. The average molecular weight is 625 g/mol. The molecule has 1 aliphatic rings. The highest BCUT2D eigenvalue weighted by Gasteiger charge is 2.36. The predicted octanol–water partition coefficient (Wildman–Crippen LogP) is 11.8. The van der Waals surface area contributed by atoms with E-state index in [9.17, 15) is 0 Å². The molecule has 0 N–H and O–H groups in total. The van der Waals surface area contributed by atoms with Gasteiger partial charge in [0.1, 0.15) is 27.5 Å². The Bertz CT molecular complexity index is 1860. The minimum Gasteiger partial charge on any atom is -0.456 e. The Morgan fingerprint density at radius 3 is 1.70 bits per heavy atom. The Labute approximate surface area is 261 Å². The lowest BCUT2D eigenvalue weighted by molar-refractivity contribution is 0.455.